The molecule has 0 atom stereocenters. The number of aromatic amines is 1. The minimum absolute atomic E-state index is 0.0926. The molecule has 10 heteroatoms. The van der Waals surface area contributed by atoms with Gasteiger partial charge in [0.25, 0.3) is 0 Å². The number of aldehydes is 1. The Labute approximate surface area is 94.2 Å². The molecule has 4 nitrogen and oxygen atoms in total. The van der Waals surface area contributed by atoms with Gasteiger partial charge in [-0.05, 0) is 0 Å². The molecule has 1 aromatic rings. The van der Waals surface area contributed by atoms with Crippen LogP contribution in [-0.2, 0) is 6.18 Å². The molecule has 1 rings (SSSR count). The van der Waals surface area contributed by atoms with Crippen LogP contribution in [0.5, 0.6) is 5.75 Å². The smallest absolute Gasteiger partial charge is 0.399 e. The van der Waals surface area contributed by atoms with E-state index < -0.39 is 35.0 Å². The van der Waals surface area contributed by atoms with Gasteiger partial charge in [0.05, 0.1) is 0 Å². The molecule has 0 amide bonds. The number of hydrogen-bond acceptors (Lipinski definition) is 3. The van der Waals surface area contributed by atoms with E-state index in [-0.39, 0.29) is 12.5 Å². The molecule has 0 bridgehead atoms. The molecular formula is C8H3F6NO3. The van der Waals surface area contributed by atoms with Crippen molar-refractivity contribution in [3.63, 3.8) is 0 Å². The van der Waals surface area contributed by atoms with Crippen molar-refractivity contribution in [2.45, 2.75) is 12.5 Å². The van der Waals surface area contributed by atoms with Crippen LogP contribution in [0, 0.1) is 0 Å². The SMILES string of the molecule is O=Cc1[nH]cc(C(F)(F)F)c(=O)c1OC(F)(F)F. The largest absolute Gasteiger partial charge is 0.573 e. The second-order valence-corrected chi connectivity index (χ2v) is 2.94. The molecule has 18 heavy (non-hydrogen) atoms. The lowest BCUT2D eigenvalue weighted by Crippen LogP contribution is -2.27. The van der Waals surface area contributed by atoms with Crippen LogP contribution in [-0.4, -0.2) is 17.6 Å². The Morgan fingerprint density at radius 1 is 1.17 bits per heavy atom. The molecule has 0 spiro atoms. The molecule has 100 valence electrons. The Kier molecular flexibility index (Phi) is 3.40. The number of rotatable bonds is 2. The molecule has 1 heterocycles. The number of carbonyl (C=O) groups excluding carboxylic acids is 1. The van der Waals surface area contributed by atoms with Crippen LogP contribution in [0.25, 0.3) is 0 Å². The number of nitrogens with one attached hydrogen (secondary N) is 1. The van der Waals surface area contributed by atoms with Gasteiger partial charge in [-0.25, -0.2) is 0 Å². The van der Waals surface area contributed by atoms with E-state index in [1.807, 2.05) is 0 Å². The number of pyridine rings is 1. The maximum atomic E-state index is 12.3. The van der Waals surface area contributed by atoms with Gasteiger partial charge in [0.15, 0.2) is 6.29 Å². The molecule has 0 radical (unpaired) electrons. The highest BCUT2D eigenvalue weighted by molar-refractivity contribution is 5.76. The van der Waals surface area contributed by atoms with Crippen molar-refractivity contribution in [2.75, 3.05) is 0 Å². The second-order valence-electron chi connectivity index (χ2n) is 2.94. The molecule has 1 aromatic heterocycles. The molecule has 0 aliphatic heterocycles. The van der Waals surface area contributed by atoms with Crippen LogP contribution in [0.1, 0.15) is 16.1 Å². The Bertz CT molecular complexity index is 515. The molecule has 0 saturated heterocycles. The summed E-state index contributed by atoms with van der Waals surface area (Å²) in [5, 5.41) is 0. The first kappa shape index (κ1) is 14.1. The van der Waals surface area contributed by atoms with Crippen molar-refractivity contribution < 1.29 is 35.9 Å². The van der Waals surface area contributed by atoms with Gasteiger partial charge in [0.1, 0.15) is 11.3 Å². The fourth-order valence-corrected chi connectivity index (χ4v) is 1.04. The molecule has 1 N–H and O–H groups in total. The van der Waals surface area contributed by atoms with E-state index in [2.05, 4.69) is 4.74 Å². The first-order chi connectivity index (χ1) is 8.06. The molecule has 0 unspecified atom stereocenters. The van der Waals surface area contributed by atoms with Crippen LogP contribution in [0.2, 0.25) is 0 Å². The average Bonchev–Trinajstić information content (AvgIpc) is 2.17. The van der Waals surface area contributed by atoms with E-state index >= 15 is 0 Å². The normalized spacial score (nSPS) is 12.3. The molecule has 0 aliphatic rings. The fraction of sp³-hybridized carbons (Fsp3) is 0.250. The number of ether oxygens (including phenoxy) is 1. The Morgan fingerprint density at radius 3 is 2.11 bits per heavy atom. The minimum Gasteiger partial charge on any atom is -0.399 e. The third-order valence-electron chi connectivity index (χ3n) is 1.71. The summed E-state index contributed by atoms with van der Waals surface area (Å²) >= 11 is 0. The zero-order valence-corrected chi connectivity index (χ0v) is 8.15. The van der Waals surface area contributed by atoms with E-state index in [4.69, 9.17) is 0 Å². The summed E-state index contributed by atoms with van der Waals surface area (Å²) in [4.78, 5) is 23.1. The summed E-state index contributed by atoms with van der Waals surface area (Å²) in [5.41, 5.74) is -5.00. The molecule has 0 saturated carbocycles. The Hall–Kier alpha value is -2.00. The number of H-pyrrole nitrogens is 1. The summed E-state index contributed by atoms with van der Waals surface area (Å²) in [5.74, 6) is -1.74. The Morgan fingerprint density at radius 2 is 1.72 bits per heavy atom. The van der Waals surface area contributed by atoms with Gasteiger partial charge < -0.3 is 9.72 Å². The summed E-state index contributed by atoms with van der Waals surface area (Å²) in [6, 6.07) is 0. The second kappa shape index (κ2) is 4.35. The summed E-state index contributed by atoms with van der Waals surface area (Å²) in [7, 11) is 0. The van der Waals surface area contributed by atoms with Crippen LogP contribution >= 0.6 is 0 Å². The lowest BCUT2D eigenvalue weighted by Gasteiger charge is -2.12. The topological polar surface area (TPSA) is 59.2 Å². The van der Waals surface area contributed by atoms with Gasteiger partial charge in [0.2, 0.25) is 11.2 Å². The zero-order chi connectivity index (χ0) is 14.1. The molecule has 0 aromatic carbocycles. The highest BCUT2D eigenvalue weighted by Crippen LogP contribution is 2.29. The lowest BCUT2D eigenvalue weighted by atomic mass is 10.2. The van der Waals surface area contributed by atoms with Crippen molar-refractivity contribution in [1.29, 1.82) is 0 Å². The van der Waals surface area contributed by atoms with Gasteiger partial charge in [-0.2, -0.15) is 13.2 Å². The van der Waals surface area contributed by atoms with E-state index in [1.165, 1.54) is 0 Å². The van der Waals surface area contributed by atoms with Gasteiger partial charge in [-0.15, -0.1) is 13.2 Å². The third kappa shape index (κ3) is 3.02. The average molecular weight is 275 g/mol. The van der Waals surface area contributed by atoms with Crippen molar-refractivity contribution in [1.82, 2.24) is 4.98 Å². The van der Waals surface area contributed by atoms with Crippen LogP contribution in [0.3, 0.4) is 0 Å². The number of hydrogen-bond donors (Lipinski definition) is 1. The Balaban J connectivity index is 3.47. The third-order valence-corrected chi connectivity index (χ3v) is 1.71. The van der Waals surface area contributed by atoms with E-state index in [1.54, 1.807) is 4.98 Å². The standard InChI is InChI=1S/C8H3F6NO3/c9-7(10,11)3-1-15-4(2-16)6(5(3)17)18-8(12,13)14/h1-2H,(H,15,17). The first-order valence-corrected chi connectivity index (χ1v) is 4.10. The van der Waals surface area contributed by atoms with Crippen molar-refractivity contribution in [2.24, 2.45) is 0 Å². The van der Waals surface area contributed by atoms with Crippen LogP contribution in [0.4, 0.5) is 26.3 Å². The van der Waals surface area contributed by atoms with Crippen LogP contribution < -0.4 is 10.2 Å². The fourth-order valence-electron chi connectivity index (χ4n) is 1.04. The van der Waals surface area contributed by atoms with Crippen LogP contribution in [0.15, 0.2) is 11.0 Å². The summed E-state index contributed by atoms with van der Waals surface area (Å²) < 4.78 is 75.6. The number of aromatic nitrogens is 1. The number of alkyl halides is 6. The monoisotopic (exact) mass is 275 g/mol. The van der Waals surface area contributed by atoms with Gasteiger partial charge >= 0.3 is 12.5 Å². The highest BCUT2D eigenvalue weighted by Gasteiger charge is 2.39. The van der Waals surface area contributed by atoms with Crippen molar-refractivity contribution >= 4 is 6.29 Å². The maximum absolute atomic E-state index is 12.3. The van der Waals surface area contributed by atoms with E-state index in [9.17, 15) is 35.9 Å². The maximum Gasteiger partial charge on any atom is 0.573 e. The number of carbonyl (C=O) groups is 1. The van der Waals surface area contributed by atoms with Crippen molar-refractivity contribution in [3.05, 3.63) is 27.7 Å². The summed E-state index contributed by atoms with van der Waals surface area (Å²) in [6.07, 6.45) is -10.7. The van der Waals surface area contributed by atoms with Gasteiger partial charge in [0, 0.05) is 6.20 Å². The lowest BCUT2D eigenvalue weighted by molar-refractivity contribution is -0.275. The van der Waals surface area contributed by atoms with E-state index in [0.717, 1.165) is 0 Å². The van der Waals surface area contributed by atoms with Gasteiger partial charge in [-0.1, -0.05) is 0 Å². The van der Waals surface area contributed by atoms with Crippen molar-refractivity contribution in [3.8, 4) is 5.75 Å². The predicted molar refractivity (Wildman–Crippen MR) is 44.1 cm³/mol. The molecular weight excluding hydrogens is 272 g/mol. The predicted octanol–water partition coefficient (Wildman–Crippen LogP) is 2.10. The number of halogens is 6. The highest BCUT2D eigenvalue weighted by atomic mass is 19.4. The first-order valence-electron chi connectivity index (χ1n) is 4.10. The quantitative estimate of drug-likeness (QED) is 0.664. The summed E-state index contributed by atoms with van der Waals surface area (Å²) in [6.45, 7) is 0. The molecule has 0 aliphatic carbocycles. The molecule has 0 fully saturated rings. The minimum atomic E-state index is -5.39. The van der Waals surface area contributed by atoms with E-state index in [0.29, 0.717) is 0 Å². The van der Waals surface area contributed by atoms with Gasteiger partial charge in [-0.3, -0.25) is 9.59 Å². The zero-order valence-electron chi connectivity index (χ0n) is 8.15.